The first kappa shape index (κ1) is 21.5. The smallest absolute Gasteiger partial charge is 0.264 e. The first-order valence-electron chi connectivity index (χ1n) is 9.37. The number of amides is 1. The topological polar surface area (TPSA) is 66.5 Å². The molecule has 0 aliphatic carbocycles. The Hall–Kier alpha value is -3.19. The lowest BCUT2D eigenvalue weighted by Crippen LogP contribution is -2.28. The normalized spacial score (nSPS) is 11.2. The molecule has 0 aliphatic rings. The maximum absolute atomic E-state index is 13.0. The van der Waals surface area contributed by atoms with Crippen molar-refractivity contribution in [3.05, 3.63) is 94.8 Å². The van der Waals surface area contributed by atoms with Crippen molar-refractivity contribution in [3.8, 4) is 0 Å². The third kappa shape index (κ3) is 4.68. The van der Waals surface area contributed by atoms with E-state index in [1.165, 1.54) is 23.5 Å². The standard InChI is InChI=1S/C23H23FN2O3S/c1-16-4-12-21(13-5-16)30(28,29)26(3)22-14-19(9-6-17(22)2)23(27)25-15-18-7-10-20(24)11-8-18/h4-14H,15H2,1-3H3,(H,25,27). The summed E-state index contributed by atoms with van der Waals surface area (Å²) in [5, 5.41) is 2.77. The van der Waals surface area contributed by atoms with Gasteiger partial charge in [0, 0.05) is 19.2 Å². The van der Waals surface area contributed by atoms with Crippen molar-refractivity contribution in [1.29, 1.82) is 0 Å². The fraction of sp³-hybridized carbons (Fsp3) is 0.174. The molecule has 0 spiro atoms. The van der Waals surface area contributed by atoms with Crippen LogP contribution in [0.25, 0.3) is 0 Å². The fourth-order valence-electron chi connectivity index (χ4n) is 2.97. The van der Waals surface area contributed by atoms with Gasteiger partial charge >= 0.3 is 0 Å². The van der Waals surface area contributed by atoms with Gasteiger partial charge in [-0.15, -0.1) is 0 Å². The molecule has 0 bridgehead atoms. The molecule has 0 aromatic heterocycles. The Morgan fingerprint density at radius 2 is 1.60 bits per heavy atom. The molecule has 0 aliphatic heterocycles. The van der Waals surface area contributed by atoms with Crippen LogP contribution in [0, 0.1) is 19.7 Å². The maximum Gasteiger partial charge on any atom is 0.264 e. The van der Waals surface area contributed by atoms with E-state index in [0.717, 1.165) is 16.7 Å². The summed E-state index contributed by atoms with van der Waals surface area (Å²) in [5.74, 6) is -0.687. The fourth-order valence-corrected chi connectivity index (χ4v) is 4.23. The lowest BCUT2D eigenvalue weighted by Gasteiger charge is -2.22. The predicted octanol–water partition coefficient (Wildman–Crippen LogP) is 4.20. The van der Waals surface area contributed by atoms with Crippen LogP contribution in [-0.4, -0.2) is 21.4 Å². The molecule has 1 amide bonds. The molecule has 3 aromatic rings. The zero-order valence-electron chi connectivity index (χ0n) is 17.0. The number of halogens is 1. The van der Waals surface area contributed by atoms with Crippen LogP contribution in [0.5, 0.6) is 0 Å². The summed E-state index contributed by atoms with van der Waals surface area (Å²) in [4.78, 5) is 12.8. The first-order chi connectivity index (χ1) is 14.2. The van der Waals surface area contributed by atoms with E-state index in [1.54, 1.807) is 61.5 Å². The average molecular weight is 427 g/mol. The van der Waals surface area contributed by atoms with Gasteiger partial charge in [0.05, 0.1) is 10.6 Å². The van der Waals surface area contributed by atoms with E-state index >= 15 is 0 Å². The van der Waals surface area contributed by atoms with Gasteiger partial charge in [0.15, 0.2) is 0 Å². The lowest BCUT2D eigenvalue weighted by atomic mass is 10.1. The minimum Gasteiger partial charge on any atom is -0.348 e. The largest absolute Gasteiger partial charge is 0.348 e. The van der Waals surface area contributed by atoms with Gasteiger partial charge in [-0.25, -0.2) is 12.8 Å². The molecule has 0 saturated heterocycles. The van der Waals surface area contributed by atoms with Gasteiger partial charge in [-0.1, -0.05) is 35.9 Å². The monoisotopic (exact) mass is 426 g/mol. The van der Waals surface area contributed by atoms with E-state index in [4.69, 9.17) is 0 Å². The van der Waals surface area contributed by atoms with Gasteiger partial charge in [0.25, 0.3) is 15.9 Å². The van der Waals surface area contributed by atoms with Gasteiger partial charge in [0.1, 0.15) is 5.82 Å². The summed E-state index contributed by atoms with van der Waals surface area (Å²) in [6.45, 7) is 3.91. The lowest BCUT2D eigenvalue weighted by molar-refractivity contribution is 0.0951. The molecular formula is C23H23FN2O3S. The third-order valence-electron chi connectivity index (χ3n) is 4.86. The Morgan fingerprint density at radius 1 is 0.967 bits per heavy atom. The van der Waals surface area contributed by atoms with Crippen molar-refractivity contribution < 1.29 is 17.6 Å². The van der Waals surface area contributed by atoms with Crippen LogP contribution < -0.4 is 9.62 Å². The zero-order chi connectivity index (χ0) is 21.9. The maximum atomic E-state index is 13.0. The number of anilines is 1. The zero-order valence-corrected chi connectivity index (χ0v) is 17.8. The molecule has 0 saturated carbocycles. The van der Waals surface area contributed by atoms with E-state index < -0.39 is 10.0 Å². The number of carbonyl (C=O) groups is 1. The molecule has 30 heavy (non-hydrogen) atoms. The summed E-state index contributed by atoms with van der Waals surface area (Å²) in [7, 11) is -2.30. The second-order valence-corrected chi connectivity index (χ2v) is 9.07. The minimum absolute atomic E-state index is 0.182. The number of rotatable bonds is 6. The first-order valence-corrected chi connectivity index (χ1v) is 10.8. The highest BCUT2D eigenvalue weighted by Gasteiger charge is 2.23. The highest BCUT2D eigenvalue weighted by atomic mass is 32.2. The van der Waals surface area contributed by atoms with Crippen LogP contribution in [0.1, 0.15) is 27.0 Å². The summed E-state index contributed by atoms with van der Waals surface area (Å²) >= 11 is 0. The SMILES string of the molecule is Cc1ccc(S(=O)(=O)N(C)c2cc(C(=O)NCc3ccc(F)cc3)ccc2C)cc1. The van der Waals surface area contributed by atoms with Gasteiger partial charge in [0.2, 0.25) is 0 Å². The molecule has 0 unspecified atom stereocenters. The number of benzene rings is 3. The quantitative estimate of drug-likeness (QED) is 0.643. The van der Waals surface area contributed by atoms with Crippen molar-refractivity contribution in [2.75, 3.05) is 11.4 Å². The molecule has 0 atom stereocenters. The Morgan fingerprint density at radius 3 is 2.23 bits per heavy atom. The summed E-state index contributed by atoms with van der Waals surface area (Å²) in [6, 6.07) is 17.4. The third-order valence-corrected chi connectivity index (χ3v) is 6.64. The van der Waals surface area contributed by atoms with Crippen LogP contribution in [0.3, 0.4) is 0 Å². The molecular weight excluding hydrogens is 403 g/mol. The summed E-state index contributed by atoms with van der Waals surface area (Å²) < 4.78 is 40.2. The molecule has 5 nitrogen and oxygen atoms in total. The van der Waals surface area contributed by atoms with Gasteiger partial charge < -0.3 is 5.32 Å². The van der Waals surface area contributed by atoms with Gasteiger partial charge in [-0.05, 0) is 61.4 Å². The Bertz CT molecular complexity index is 1160. The Kier molecular flexibility index (Phi) is 6.22. The van der Waals surface area contributed by atoms with Crippen LogP contribution in [0.15, 0.2) is 71.6 Å². The van der Waals surface area contributed by atoms with Crippen molar-refractivity contribution in [1.82, 2.24) is 5.32 Å². The molecule has 3 aromatic carbocycles. The van der Waals surface area contributed by atoms with Crippen molar-refractivity contribution in [2.45, 2.75) is 25.3 Å². The number of hydrogen-bond donors (Lipinski definition) is 1. The van der Waals surface area contributed by atoms with Crippen LogP contribution in [0.2, 0.25) is 0 Å². The molecule has 3 rings (SSSR count). The Balaban J connectivity index is 1.82. The number of nitrogens with one attached hydrogen (secondary N) is 1. The van der Waals surface area contributed by atoms with Crippen LogP contribution in [-0.2, 0) is 16.6 Å². The highest BCUT2D eigenvalue weighted by molar-refractivity contribution is 7.92. The average Bonchev–Trinajstić information content (AvgIpc) is 2.73. The number of carbonyl (C=O) groups excluding carboxylic acids is 1. The van der Waals surface area contributed by atoms with E-state index in [2.05, 4.69) is 5.32 Å². The number of hydrogen-bond acceptors (Lipinski definition) is 3. The van der Waals surface area contributed by atoms with Crippen LogP contribution in [0.4, 0.5) is 10.1 Å². The van der Waals surface area contributed by atoms with Crippen LogP contribution >= 0.6 is 0 Å². The molecule has 0 heterocycles. The van der Waals surface area contributed by atoms with Crippen molar-refractivity contribution in [2.24, 2.45) is 0 Å². The number of sulfonamides is 1. The van der Waals surface area contributed by atoms with Gasteiger partial charge in [-0.2, -0.15) is 0 Å². The van der Waals surface area contributed by atoms with Crippen molar-refractivity contribution in [3.63, 3.8) is 0 Å². The molecule has 0 radical (unpaired) electrons. The molecule has 0 fully saturated rings. The highest BCUT2D eigenvalue weighted by Crippen LogP contribution is 2.26. The number of nitrogens with zero attached hydrogens (tertiary/aromatic N) is 1. The molecule has 156 valence electrons. The predicted molar refractivity (Wildman–Crippen MR) is 116 cm³/mol. The Labute approximate surface area is 176 Å². The summed E-state index contributed by atoms with van der Waals surface area (Å²) in [5.41, 5.74) is 3.21. The number of aryl methyl sites for hydroxylation is 2. The summed E-state index contributed by atoms with van der Waals surface area (Å²) in [6.07, 6.45) is 0. The van der Waals surface area contributed by atoms with Gasteiger partial charge in [-0.3, -0.25) is 9.10 Å². The van der Waals surface area contributed by atoms with E-state index in [0.29, 0.717) is 11.3 Å². The molecule has 7 heteroatoms. The molecule has 1 N–H and O–H groups in total. The minimum atomic E-state index is -3.77. The second-order valence-electron chi connectivity index (χ2n) is 7.10. The second kappa shape index (κ2) is 8.67. The van der Waals surface area contributed by atoms with E-state index in [9.17, 15) is 17.6 Å². The van der Waals surface area contributed by atoms with Crippen molar-refractivity contribution >= 4 is 21.6 Å². The van der Waals surface area contributed by atoms with E-state index in [1.807, 2.05) is 6.92 Å². The van der Waals surface area contributed by atoms with E-state index in [-0.39, 0.29) is 23.2 Å².